The van der Waals surface area contributed by atoms with E-state index in [0.29, 0.717) is 0 Å². The average molecular weight is 735 g/mol. The normalized spacial score (nSPS) is 12.1. The molecule has 0 aliphatic heterocycles. The van der Waals surface area contributed by atoms with Gasteiger partial charge in [-0.2, -0.15) is 0 Å². The van der Waals surface area contributed by atoms with Gasteiger partial charge in [0.25, 0.3) is 0 Å². The van der Waals surface area contributed by atoms with Crippen molar-refractivity contribution >= 4 is 65.2 Å². The van der Waals surface area contributed by atoms with Crippen molar-refractivity contribution in [3.05, 3.63) is 206 Å². The Labute approximate surface area is 335 Å². The summed E-state index contributed by atoms with van der Waals surface area (Å²) in [6.07, 6.45) is 0. The van der Waals surface area contributed by atoms with Gasteiger partial charge in [0.1, 0.15) is 0 Å². The fourth-order valence-electron chi connectivity index (χ4n) is 10.0. The summed E-state index contributed by atoms with van der Waals surface area (Å²) in [6.45, 7) is 0. The fourth-order valence-corrected chi connectivity index (χ4v) is 10.0. The lowest BCUT2D eigenvalue weighted by Crippen LogP contribution is -1.95. The van der Waals surface area contributed by atoms with Crippen molar-refractivity contribution in [3.8, 4) is 55.9 Å². The molecule has 268 valence electrons. The molecule has 0 saturated heterocycles. The van der Waals surface area contributed by atoms with Crippen molar-refractivity contribution in [1.29, 1.82) is 0 Å². The first-order valence-electron chi connectivity index (χ1n) is 20.1. The second kappa shape index (κ2) is 11.9. The summed E-state index contributed by atoms with van der Waals surface area (Å²) >= 11 is 0. The van der Waals surface area contributed by atoms with Crippen LogP contribution in [0.5, 0.6) is 0 Å². The second-order valence-corrected chi connectivity index (χ2v) is 15.7. The first-order valence-corrected chi connectivity index (χ1v) is 20.1. The Morgan fingerprint density at radius 3 is 1.62 bits per heavy atom. The van der Waals surface area contributed by atoms with Crippen LogP contribution in [0.2, 0.25) is 0 Å². The smallest absolute Gasteiger partial charge is 0.0619 e. The zero-order valence-corrected chi connectivity index (χ0v) is 31.5. The van der Waals surface area contributed by atoms with Crippen LogP contribution < -0.4 is 0 Å². The molecule has 0 radical (unpaired) electrons. The standard InChI is InChI=1S/C56H34N2/c1-2-13-41(14-3-1)57-52-19-7-6-16-45(52)50-33-39(24-30-53(50)57)40-25-31-54-51(34-40)48-29-22-36-10-4-5-15-43(36)56(48)58(54)42-26-20-35(21-27-42)38-23-28-44-46-17-8-11-37-12-9-18-47(55(37)46)49(44)32-38/h1-34H. The molecule has 2 heterocycles. The molecule has 0 unspecified atom stereocenters. The highest BCUT2D eigenvalue weighted by atomic mass is 15.0. The summed E-state index contributed by atoms with van der Waals surface area (Å²) < 4.78 is 4.85. The quantitative estimate of drug-likeness (QED) is 0.170. The number of hydrogen-bond donors (Lipinski definition) is 0. The second-order valence-electron chi connectivity index (χ2n) is 15.7. The van der Waals surface area contributed by atoms with Gasteiger partial charge in [-0.05, 0) is 121 Å². The summed E-state index contributed by atoms with van der Waals surface area (Å²) in [5.74, 6) is 0. The molecule has 0 amide bonds. The Bertz CT molecular complexity index is 3650. The van der Waals surface area contributed by atoms with Gasteiger partial charge in [-0.25, -0.2) is 0 Å². The third-order valence-corrected chi connectivity index (χ3v) is 12.6. The number of para-hydroxylation sites is 2. The van der Waals surface area contributed by atoms with Crippen LogP contribution in [0.4, 0.5) is 0 Å². The Balaban J connectivity index is 0.955. The van der Waals surface area contributed by atoms with Gasteiger partial charge in [0.05, 0.1) is 22.1 Å². The Hall–Kier alpha value is -7.68. The molecular weight excluding hydrogens is 701 g/mol. The molecule has 13 rings (SSSR count). The predicted molar refractivity (Wildman–Crippen MR) is 245 cm³/mol. The number of benzene rings is 10. The van der Waals surface area contributed by atoms with E-state index >= 15 is 0 Å². The van der Waals surface area contributed by atoms with Crippen LogP contribution in [-0.4, -0.2) is 9.13 Å². The molecule has 1 aliphatic carbocycles. The Kier molecular flexibility index (Phi) is 6.47. The summed E-state index contributed by atoms with van der Waals surface area (Å²) in [5, 5.41) is 10.2. The molecular formula is C56H34N2. The molecule has 58 heavy (non-hydrogen) atoms. The minimum atomic E-state index is 1.15. The summed E-state index contributed by atoms with van der Waals surface area (Å²) in [4.78, 5) is 0. The first-order chi connectivity index (χ1) is 28.8. The van der Waals surface area contributed by atoms with Crippen molar-refractivity contribution in [1.82, 2.24) is 9.13 Å². The van der Waals surface area contributed by atoms with Crippen molar-refractivity contribution in [2.24, 2.45) is 0 Å². The summed E-state index contributed by atoms with van der Waals surface area (Å²) in [6, 6.07) is 76.2. The highest BCUT2D eigenvalue weighted by Gasteiger charge is 2.22. The SMILES string of the molecule is c1ccc(-n2c3ccccc3c3cc(-c4ccc5c(c4)c4ccc6ccccc6c4n5-c4ccc(-c5ccc6c(c5)-c5cccc7cccc-6c57)cc4)ccc32)cc1. The van der Waals surface area contributed by atoms with Gasteiger partial charge >= 0.3 is 0 Å². The van der Waals surface area contributed by atoms with Crippen LogP contribution >= 0.6 is 0 Å². The van der Waals surface area contributed by atoms with Crippen LogP contribution in [0.1, 0.15) is 0 Å². The molecule has 2 heteroatoms. The summed E-state index contributed by atoms with van der Waals surface area (Å²) in [5.41, 5.74) is 17.4. The third kappa shape index (κ3) is 4.43. The van der Waals surface area contributed by atoms with Gasteiger partial charge in [-0.3, -0.25) is 0 Å². The van der Waals surface area contributed by atoms with E-state index in [2.05, 4.69) is 215 Å². The molecule has 0 atom stereocenters. The van der Waals surface area contributed by atoms with Crippen LogP contribution in [0, 0.1) is 0 Å². The monoisotopic (exact) mass is 734 g/mol. The number of fused-ring (bicyclic) bond motifs is 11. The van der Waals surface area contributed by atoms with E-state index in [1.807, 2.05) is 0 Å². The molecule has 0 spiro atoms. The van der Waals surface area contributed by atoms with E-state index in [1.54, 1.807) is 0 Å². The zero-order chi connectivity index (χ0) is 37.9. The molecule has 10 aromatic carbocycles. The minimum Gasteiger partial charge on any atom is -0.309 e. The van der Waals surface area contributed by atoms with Crippen molar-refractivity contribution in [2.45, 2.75) is 0 Å². The molecule has 2 aromatic heterocycles. The van der Waals surface area contributed by atoms with Crippen molar-refractivity contribution < 1.29 is 0 Å². The maximum Gasteiger partial charge on any atom is 0.0619 e. The average Bonchev–Trinajstić information content (AvgIpc) is 3.93. The largest absolute Gasteiger partial charge is 0.309 e. The number of aromatic nitrogens is 2. The predicted octanol–water partition coefficient (Wildman–Crippen LogP) is 15.2. The van der Waals surface area contributed by atoms with E-state index < -0.39 is 0 Å². The van der Waals surface area contributed by atoms with Crippen LogP contribution in [0.15, 0.2) is 206 Å². The van der Waals surface area contributed by atoms with Crippen LogP contribution in [0.25, 0.3) is 121 Å². The van der Waals surface area contributed by atoms with E-state index in [9.17, 15) is 0 Å². The molecule has 0 bridgehead atoms. The number of rotatable bonds is 4. The molecule has 1 aliphatic rings. The topological polar surface area (TPSA) is 9.86 Å². The number of hydrogen-bond acceptors (Lipinski definition) is 0. The number of nitrogens with zero attached hydrogens (tertiary/aromatic N) is 2. The molecule has 2 nitrogen and oxygen atoms in total. The lowest BCUT2D eigenvalue weighted by Gasteiger charge is -2.12. The van der Waals surface area contributed by atoms with E-state index in [-0.39, 0.29) is 0 Å². The third-order valence-electron chi connectivity index (χ3n) is 12.6. The van der Waals surface area contributed by atoms with Crippen LogP contribution in [0.3, 0.4) is 0 Å². The Morgan fingerprint density at radius 1 is 0.259 bits per heavy atom. The highest BCUT2D eigenvalue weighted by molar-refractivity contribution is 6.20. The lowest BCUT2D eigenvalue weighted by molar-refractivity contribution is 1.18. The van der Waals surface area contributed by atoms with Gasteiger partial charge in [0.2, 0.25) is 0 Å². The minimum absolute atomic E-state index is 1.15. The molecule has 0 fully saturated rings. The van der Waals surface area contributed by atoms with E-state index in [4.69, 9.17) is 0 Å². The zero-order valence-electron chi connectivity index (χ0n) is 31.5. The maximum absolute atomic E-state index is 2.47. The lowest BCUT2D eigenvalue weighted by atomic mass is 9.97. The maximum atomic E-state index is 2.47. The van der Waals surface area contributed by atoms with Gasteiger partial charge in [-0.1, -0.05) is 146 Å². The Morgan fingerprint density at radius 2 is 0.828 bits per heavy atom. The molecule has 0 saturated carbocycles. The first kappa shape index (κ1) is 31.5. The van der Waals surface area contributed by atoms with Crippen molar-refractivity contribution in [3.63, 3.8) is 0 Å². The van der Waals surface area contributed by atoms with E-state index in [0.717, 1.165) is 5.69 Å². The van der Waals surface area contributed by atoms with Gasteiger partial charge in [-0.15, -0.1) is 0 Å². The molecule has 12 aromatic rings. The summed E-state index contributed by atoms with van der Waals surface area (Å²) in [7, 11) is 0. The molecule has 0 N–H and O–H groups in total. The van der Waals surface area contributed by atoms with Gasteiger partial charge in [0.15, 0.2) is 0 Å². The van der Waals surface area contributed by atoms with Gasteiger partial charge in [0, 0.05) is 38.3 Å². The van der Waals surface area contributed by atoms with E-state index in [1.165, 1.54) is 115 Å². The fraction of sp³-hybridized carbons (Fsp3) is 0. The van der Waals surface area contributed by atoms with Gasteiger partial charge < -0.3 is 9.13 Å². The van der Waals surface area contributed by atoms with Crippen LogP contribution in [-0.2, 0) is 0 Å². The highest BCUT2D eigenvalue weighted by Crippen LogP contribution is 2.48. The van der Waals surface area contributed by atoms with Crippen molar-refractivity contribution in [2.75, 3.05) is 0 Å².